The Morgan fingerprint density at radius 1 is 1.12 bits per heavy atom. The topological polar surface area (TPSA) is 78.5 Å². The van der Waals surface area contributed by atoms with Crippen LogP contribution in [0, 0.1) is 5.82 Å². The molecule has 0 atom stereocenters. The molecule has 2 N–H and O–H groups in total. The number of benzene rings is 2. The first-order valence-electron chi connectivity index (χ1n) is 7.27. The molecule has 1 aliphatic heterocycles. The Kier molecular flexibility index (Phi) is 4.24. The van der Waals surface area contributed by atoms with Crippen LogP contribution in [0.25, 0.3) is 0 Å². The molecule has 7 heteroatoms. The van der Waals surface area contributed by atoms with Gasteiger partial charge in [0.2, 0.25) is 5.91 Å². The van der Waals surface area contributed by atoms with Gasteiger partial charge in [0.1, 0.15) is 5.82 Å². The van der Waals surface area contributed by atoms with Gasteiger partial charge >= 0.3 is 6.03 Å². The Balaban J connectivity index is 1.67. The highest BCUT2D eigenvalue weighted by Crippen LogP contribution is 2.15. The van der Waals surface area contributed by atoms with Crippen LogP contribution in [0.2, 0.25) is 0 Å². The molecule has 0 unspecified atom stereocenters. The molecule has 4 amide bonds. The molecule has 122 valence electrons. The molecule has 0 bridgehead atoms. The van der Waals surface area contributed by atoms with Crippen molar-refractivity contribution in [3.05, 3.63) is 65.5 Å². The van der Waals surface area contributed by atoms with Gasteiger partial charge < -0.3 is 10.6 Å². The van der Waals surface area contributed by atoms with Gasteiger partial charge in [0, 0.05) is 5.69 Å². The maximum Gasteiger partial charge on any atom is 0.324 e. The molecular weight excluding hydrogens is 313 g/mol. The SMILES string of the molecule is O=C(Nc1ccc(CN2C(=O)CNC2=O)cc1)c1ccccc1F. The lowest BCUT2D eigenvalue weighted by Crippen LogP contribution is -2.30. The van der Waals surface area contributed by atoms with Crippen LogP contribution < -0.4 is 10.6 Å². The van der Waals surface area contributed by atoms with Crippen LogP contribution in [-0.4, -0.2) is 29.3 Å². The van der Waals surface area contributed by atoms with Crippen molar-refractivity contribution in [3.63, 3.8) is 0 Å². The van der Waals surface area contributed by atoms with Crippen molar-refractivity contribution in [2.45, 2.75) is 6.54 Å². The standard InChI is InChI=1S/C17H14FN3O3/c18-14-4-2-1-3-13(14)16(23)20-12-7-5-11(6-8-12)10-21-15(22)9-19-17(21)24/h1-8H,9-10H2,(H,19,24)(H,20,23). The summed E-state index contributed by atoms with van der Waals surface area (Å²) >= 11 is 0. The number of hydrogen-bond donors (Lipinski definition) is 2. The lowest BCUT2D eigenvalue weighted by Gasteiger charge is -2.13. The first kappa shape index (κ1) is 15.7. The summed E-state index contributed by atoms with van der Waals surface area (Å²) in [5.74, 6) is -1.42. The third-order valence-corrected chi connectivity index (χ3v) is 3.61. The summed E-state index contributed by atoms with van der Waals surface area (Å²) in [5.41, 5.74) is 1.19. The van der Waals surface area contributed by atoms with Crippen molar-refractivity contribution in [1.29, 1.82) is 0 Å². The van der Waals surface area contributed by atoms with Crippen molar-refractivity contribution < 1.29 is 18.8 Å². The monoisotopic (exact) mass is 327 g/mol. The molecule has 0 radical (unpaired) electrons. The molecule has 1 heterocycles. The Morgan fingerprint density at radius 3 is 2.46 bits per heavy atom. The van der Waals surface area contributed by atoms with Gasteiger partial charge in [0.15, 0.2) is 0 Å². The van der Waals surface area contributed by atoms with Crippen molar-refractivity contribution in [3.8, 4) is 0 Å². The molecule has 1 fully saturated rings. The third-order valence-electron chi connectivity index (χ3n) is 3.61. The van der Waals surface area contributed by atoms with Crippen molar-refractivity contribution in [2.75, 3.05) is 11.9 Å². The number of carbonyl (C=O) groups excluding carboxylic acids is 3. The second kappa shape index (κ2) is 6.49. The zero-order valence-electron chi connectivity index (χ0n) is 12.6. The van der Waals surface area contributed by atoms with E-state index >= 15 is 0 Å². The maximum absolute atomic E-state index is 13.6. The molecule has 6 nitrogen and oxygen atoms in total. The largest absolute Gasteiger partial charge is 0.329 e. The lowest BCUT2D eigenvalue weighted by molar-refractivity contribution is -0.125. The number of anilines is 1. The highest BCUT2D eigenvalue weighted by molar-refractivity contribution is 6.04. The van der Waals surface area contributed by atoms with Gasteiger partial charge in [-0.25, -0.2) is 9.18 Å². The van der Waals surface area contributed by atoms with Crippen LogP contribution >= 0.6 is 0 Å². The van der Waals surface area contributed by atoms with E-state index in [1.54, 1.807) is 30.3 Å². The minimum Gasteiger partial charge on any atom is -0.329 e. The average molecular weight is 327 g/mol. The lowest BCUT2D eigenvalue weighted by atomic mass is 10.1. The molecule has 2 aromatic carbocycles. The van der Waals surface area contributed by atoms with E-state index in [2.05, 4.69) is 10.6 Å². The molecule has 0 spiro atoms. The first-order valence-corrected chi connectivity index (χ1v) is 7.27. The number of halogens is 1. The minimum atomic E-state index is -0.592. The number of amides is 4. The minimum absolute atomic E-state index is 0.00954. The number of nitrogens with one attached hydrogen (secondary N) is 2. The van der Waals surface area contributed by atoms with E-state index < -0.39 is 17.8 Å². The zero-order valence-corrected chi connectivity index (χ0v) is 12.6. The summed E-state index contributed by atoms with van der Waals surface area (Å²) in [5, 5.41) is 5.04. The molecular formula is C17H14FN3O3. The number of nitrogens with zero attached hydrogens (tertiary/aromatic N) is 1. The highest BCUT2D eigenvalue weighted by Gasteiger charge is 2.28. The van der Waals surface area contributed by atoms with Crippen LogP contribution in [0.1, 0.15) is 15.9 Å². The number of rotatable bonds is 4. The van der Waals surface area contributed by atoms with Gasteiger partial charge in [0.25, 0.3) is 5.91 Å². The molecule has 2 aromatic rings. The molecule has 0 aliphatic carbocycles. The molecule has 0 saturated carbocycles. The predicted octanol–water partition coefficient (Wildman–Crippen LogP) is 2.13. The van der Waals surface area contributed by atoms with E-state index in [1.165, 1.54) is 18.2 Å². The van der Waals surface area contributed by atoms with E-state index in [0.29, 0.717) is 5.69 Å². The van der Waals surface area contributed by atoms with Gasteiger partial charge in [-0.3, -0.25) is 14.5 Å². The molecule has 0 aromatic heterocycles. The van der Waals surface area contributed by atoms with E-state index in [1.807, 2.05) is 0 Å². The van der Waals surface area contributed by atoms with E-state index in [9.17, 15) is 18.8 Å². The quantitative estimate of drug-likeness (QED) is 0.845. The Bertz CT molecular complexity index is 789. The summed E-state index contributed by atoms with van der Waals surface area (Å²) < 4.78 is 13.6. The Hall–Kier alpha value is -3.22. The fourth-order valence-corrected chi connectivity index (χ4v) is 2.34. The van der Waals surface area contributed by atoms with Gasteiger partial charge in [-0.15, -0.1) is 0 Å². The Labute approximate surface area is 137 Å². The fourth-order valence-electron chi connectivity index (χ4n) is 2.34. The van der Waals surface area contributed by atoms with Crippen molar-refractivity contribution in [1.82, 2.24) is 10.2 Å². The summed E-state index contributed by atoms with van der Waals surface area (Å²) in [7, 11) is 0. The van der Waals surface area contributed by atoms with Crippen LogP contribution in [0.15, 0.2) is 48.5 Å². The smallest absolute Gasteiger partial charge is 0.324 e. The van der Waals surface area contributed by atoms with Crippen LogP contribution in [0.4, 0.5) is 14.9 Å². The second-order valence-corrected chi connectivity index (χ2v) is 5.27. The Morgan fingerprint density at radius 2 is 1.83 bits per heavy atom. The van der Waals surface area contributed by atoms with Gasteiger partial charge in [0.05, 0.1) is 18.7 Å². The molecule has 24 heavy (non-hydrogen) atoms. The number of urea groups is 1. The normalized spacial score (nSPS) is 13.8. The van der Waals surface area contributed by atoms with Crippen LogP contribution in [0.5, 0.6) is 0 Å². The van der Waals surface area contributed by atoms with Gasteiger partial charge in [-0.2, -0.15) is 0 Å². The molecule has 3 rings (SSSR count). The van der Waals surface area contributed by atoms with Gasteiger partial charge in [-0.1, -0.05) is 24.3 Å². The van der Waals surface area contributed by atoms with Crippen LogP contribution in [0.3, 0.4) is 0 Å². The summed E-state index contributed by atoms with van der Waals surface area (Å²) in [6.07, 6.45) is 0. The van der Waals surface area contributed by atoms with E-state index in [-0.39, 0.29) is 24.6 Å². The first-order chi connectivity index (χ1) is 11.5. The highest BCUT2D eigenvalue weighted by atomic mass is 19.1. The zero-order chi connectivity index (χ0) is 17.1. The van der Waals surface area contributed by atoms with Crippen LogP contribution in [-0.2, 0) is 11.3 Å². The summed E-state index contributed by atoms with van der Waals surface area (Å²) in [4.78, 5) is 36.2. The summed E-state index contributed by atoms with van der Waals surface area (Å²) in [6.45, 7) is 0.168. The molecule has 1 saturated heterocycles. The number of carbonyl (C=O) groups is 3. The molecule has 1 aliphatic rings. The van der Waals surface area contributed by atoms with Crippen molar-refractivity contribution >= 4 is 23.5 Å². The van der Waals surface area contributed by atoms with E-state index in [4.69, 9.17) is 0 Å². The second-order valence-electron chi connectivity index (χ2n) is 5.27. The van der Waals surface area contributed by atoms with Crippen molar-refractivity contribution in [2.24, 2.45) is 0 Å². The maximum atomic E-state index is 13.6. The van der Waals surface area contributed by atoms with E-state index in [0.717, 1.165) is 10.5 Å². The van der Waals surface area contributed by atoms with Gasteiger partial charge in [-0.05, 0) is 29.8 Å². The third kappa shape index (κ3) is 3.24. The number of imide groups is 1. The summed E-state index contributed by atoms with van der Waals surface area (Å²) in [6, 6.07) is 11.9. The fraction of sp³-hybridized carbons (Fsp3) is 0.118. The number of hydrogen-bond acceptors (Lipinski definition) is 3. The average Bonchev–Trinajstić information content (AvgIpc) is 2.89. The predicted molar refractivity (Wildman–Crippen MR) is 84.7 cm³/mol.